The Labute approximate surface area is 99.4 Å². The monoisotopic (exact) mass is 238 g/mol. The number of nitrogens with one attached hydrogen (secondary N) is 1. The first-order valence-electron chi connectivity index (χ1n) is 6.13. The minimum atomic E-state index is -1.04. The van der Waals surface area contributed by atoms with Crippen LogP contribution in [-0.2, 0) is 7.05 Å². The normalized spacial score (nSPS) is 17.9. The van der Waals surface area contributed by atoms with E-state index in [1.54, 1.807) is 7.05 Å². The number of rotatable bonds is 2. The maximum absolute atomic E-state index is 12.0. The lowest BCUT2D eigenvalue weighted by Gasteiger charge is -2.11. The summed E-state index contributed by atoms with van der Waals surface area (Å²) in [6, 6.07) is 0. The van der Waals surface area contributed by atoms with Gasteiger partial charge in [0.25, 0.3) is 5.56 Å². The van der Waals surface area contributed by atoms with Gasteiger partial charge in [-0.15, -0.1) is 0 Å². The molecule has 0 aromatic carbocycles. The van der Waals surface area contributed by atoms with Crippen molar-refractivity contribution in [3.05, 3.63) is 21.6 Å². The molecule has 0 spiro atoms. The van der Waals surface area contributed by atoms with Gasteiger partial charge in [0.1, 0.15) is 5.69 Å². The van der Waals surface area contributed by atoms with Crippen molar-refractivity contribution in [2.45, 2.75) is 44.4 Å². The van der Waals surface area contributed by atoms with Crippen molar-refractivity contribution in [1.29, 1.82) is 0 Å². The average molecular weight is 238 g/mol. The van der Waals surface area contributed by atoms with E-state index in [-0.39, 0.29) is 17.2 Å². The van der Waals surface area contributed by atoms with Crippen LogP contribution in [0.4, 0.5) is 0 Å². The first kappa shape index (κ1) is 12.0. The Bertz CT molecular complexity index is 465. The Hall–Kier alpha value is -1.52. The second kappa shape index (κ2) is 4.77. The zero-order valence-corrected chi connectivity index (χ0v) is 10.0. The zero-order chi connectivity index (χ0) is 12.4. The predicted octanol–water partition coefficient (Wildman–Crippen LogP) is 1.85. The molecule has 1 aromatic rings. The summed E-state index contributed by atoms with van der Waals surface area (Å²) in [5, 5.41) is 11.8. The maximum Gasteiger partial charge on any atom is 0.354 e. The van der Waals surface area contributed by atoms with Gasteiger partial charge in [-0.25, -0.2) is 4.79 Å². The van der Waals surface area contributed by atoms with E-state index in [9.17, 15) is 9.59 Å². The lowest BCUT2D eigenvalue weighted by Crippen LogP contribution is -2.18. The summed E-state index contributed by atoms with van der Waals surface area (Å²) in [5.41, 5.74) is 0.362. The predicted molar refractivity (Wildman–Crippen MR) is 63.4 cm³/mol. The molecule has 94 valence electrons. The van der Waals surface area contributed by atoms with Gasteiger partial charge < -0.3 is 5.11 Å². The van der Waals surface area contributed by atoms with Gasteiger partial charge in [-0.1, -0.05) is 25.7 Å². The molecule has 5 nitrogen and oxygen atoms in total. The molecule has 0 saturated heterocycles. The van der Waals surface area contributed by atoms with E-state index in [1.807, 2.05) is 0 Å². The fraction of sp³-hybridized carbons (Fsp3) is 0.667. The van der Waals surface area contributed by atoms with Crippen LogP contribution in [0.15, 0.2) is 4.79 Å². The number of carboxylic acid groups (broad SMARTS) is 1. The summed E-state index contributed by atoms with van der Waals surface area (Å²) in [4.78, 5) is 23.1. The molecule has 1 fully saturated rings. The molecule has 2 rings (SSSR count). The van der Waals surface area contributed by atoms with Crippen LogP contribution >= 0.6 is 0 Å². The van der Waals surface area contributed by atoms with E-state index in [0.29, 0.717) is 5.56 Å². The lowest BCUT2D eigenvalue weighted by atomic mass is 9.92. The molecule has 1 heterocycles. The molecule has 1 aliphatic carbocycles. The Kier molecular flexibility index (Phi) is 3.36. The van der Waals surface area contributed by atoms with Crippen molar-refractivity contribution in [2.75, 3.05) is 0 Å². The number of nitrogens with zero attached hydrogens (tertiary/aromatic N) is 1. The smallest absolute Gasteiger partial charge is 0.354 e. The molecular weight excluding hydrogens is 220 g/mol. The molecule has 1 aliphatic rings. The number of carboxylic acids is 1. The van der Waals surface area contributed by atoms with Crippen molar-refractivity contribution >= 4 is 5.97 Å². The average Bonchev–Trinajstić information content (AvgIpc) is 2.51. The second-order valence-corrected chi connectivity index (χ2v) is 4.76. The highest BCUT2D eigenvalue weighted by molar-refractivity contribution is 5.87. The molecule has 0 atom stereocenters. The molecule has 5 heteroatoms. The van der Waals surface area contributed by atoms with E-state index in [4.69, 9.17) is 5.11 Å². The summed E-state index contributed by atoms with van der Waals surface area (Å²) in [7, 11) is 1.56. The third kappa shape index (κ3) is 2.28. The Morgan fingerprint density at radius 1 is 1.29 bits per heavy atom. The summed E-state index contributed by atoms with van der Waals surface area (Å²) in [5.74, 6) is -0.935. The molecule has 0 bridgehead atoms. The third-order valence-electron chi connectivity index (χ3n) is 3.56. The topological polar surface area (TPSA) is 75.1 Å². The maximum atomic E-state index is 12.0. The standard InChI is InChI=1S/C12H18N2O3/c1-14-11(15)9(10(13-14)12(16)17)8-6-4-2-3-5-7-8/h8,13H,2-7H2,1H3,(H,16,17). The van der Waals surface area contributed by atoms with Crippen LogP contribution in [0.3, 0.4) is 0 Å². The molecule has 2 N–H and O–H groups in total. The lowest BCUT2D eigenvalue weighted by molar-refractivity contribution is 0.0687. The molecule has 0 amide bonds. The zero-order valence-electron chi connectivity index (χ0n) is 10.0. The third-order valence-corrected chi connectivity index (χ3v) is 3.56. The van der Waals surface area contributed by atoms with Gasteiger partial charge >= 0.3 is 5.97 Å². The van der Waals surface area contributed by atoms with E-state index in [2.05, 4.69) is 5.10 Å². The molecule has 1 aromatic heterocycles. The molecule has 0 radical (unpaired) electrons. The fourth-order valence-corrected chi connectivity index (χ4v) is 2.68. The van der Waals surface area contributed by atoms with E-state index in [1.165, 1.54) is 17.5 Å². The van der Waals surface area contributed by atoms with Gasteiger partial charge in [-0.05, 0) is 18.8 Å². The van der Waals surface area contributed by atoms with Crippen molar-refractivity contribution in [2.24, 2.45) is 7.05 Å². The number of hydrogen-bond acceptors (Lipinski definition) is 2. The van der Waals surface area contributed by atoms with Crippen molar-refractivity contribution in [3.8, 4) is 0 Å². The Balaban J connectivity index is 2.41. The van der Waals surface area contributed by atoms with Crippen LogP contribution < -0.4 is 5.56 Å². The largest absolute Gasteiger partial charge is 0.477 e. The van der Waals surface area contributed by atoms with Crippen LogP contribution in [-0.4, -0.2) is 20.9 Å². The summed E-state index contributed by atoms with van der Waals surface area (Å²) < 4.78 is 1.27. The minimum Gasteiger partial charge on any atom is -0.477 e. The molecule has 17 heavy (non-hydrogen) atoms. The van der Waals surface area contributed by atoms with Crippen molar-refractivity contribution in [1.82, 2.24) is 9.78 Å². The highest BCUT2D eigenvalue weighted by atomic mass is 16.4. The SMILES string of the molecule is Cn1[nH]c(C(=O)O)c(C2CCCCCC2)c1=O. The Morgan fingerprint density at radius 3 is 2.41 bits per heavy atom. The Morgan fingerprint density at radius 2 is 1.88 bits per heavy atom. The molecule has 0 unspecified atom stereocenters. The van der Waals surface area contributed by atoms with Gasteiger partial charge in [0.15, 0.2) is 0 Å². The fourth-order valence-electron chi connectivity index (χ4n) is 2.68. The number of hydrogen-bond donors (Lipinski definition) is 2. The van der Waals surface area contributed by atoms with Crippen LogP contribution in [0.25, 0.3) is 0 Å². The second-order valence-electron chi connectivity index (χ2n) is 4.76. The number of aromatic carboxylic acids is 1. The van der Waals surface area contributed by atoms with Gasteiger partial charge in [0, 0.05) is 7.05 Å². The number of aromatic amines is 1. The first-order valence-corrected chi connectivity index (χ1v) is 6.13. The highest BCUT2D eigenvalue weighted by Gasteiger charge is 2.26. The number of aryl methyl sites for hydroxylation is 1. The van der Waals surface area contributed by atoms with Crippen molar-refractivity contribution in [3.63, 3.8) is 0 Å². The molecular formula is C12H18N2O3. The minimum absolute atomic E-state index is 0.0735. The van der Waals surface area contributed by atoms with Crippen LogP contribution in [0.1, 0.15) is 60.5 Å². The van der Waals surface area contributed by atoms with Crippen LogP contribution in [0.2, 0.25) is 0 Å². The quantitative estimate of drug-likeness (QED) is 0.772. The van der Waals surface area contributed by atoms with E-state index in [0.717, 1.165) is 25.7 Å². The van der Waals surface area contributed by atoms with Crippen LogP contribution in [0.5, 0.6) is 0 Å². The summed E-state index contributed by atoms with van der Waals surface area (Å²) in [6.07, 6.45) is 6.38. The van der Waals surface area contributed by atoms with Crippen molar-refractivity contribution < 1.29 is 9.90 Å². The molecule has 1 saturated carbocycles. The van der Waals surface area contributed by atoms with E-state index >= 15 is 0 Å². The number of aromatic nitrogens is 2. The highest BCUT2D eigenvalue weighted by Crippen LogP contribution is 2.31. The van der Waals surface area contributed by atoms with Crippen LogP contribution in [0, 0.1) is 0 Å². The van der Waals surface area contributed by atoms with Gasteiger partial charge in [0.2, 0.25) is 0 Å². The summed E-state index contributed by atoms with van der Waals surface area (Å²) >= 11 is 0. The molecule has 0 aliphatic heterocycles. The van der Waals surface area contributed by atoms with Gasteiger partial charge in [0.05, 0.1) is 5.56 Å². The summed E-state index contributed by atoms with van der Waals surface area (Å²) in [6.45, 7) is 0. The van der Waals surface area contributed by atoms with Gasteiger partial charge in [-0.3, -0.25) is 14.6 Å². The van der Waals surface area contributed by atoms with Gasteiger partial charge in [-0.2, -0.15) is 0 Å². The van der Waals surface area contributed by atoms with E-state index < -0.39 is 5.97 Å². The first-order chi connectivity index (χ1) is 8.11. The number of carbonyl (C=O) groups is 1. The number of H-pyrrole nitrogens is 1.